The smallest absolute Gasteiger partial charge is 0.354 e. The fourth-order valence-electron chi connectivity index (χ4n) is 1.96. The van der Waals surface area contributed by atoms with Crippen molar-refractivity contribution < 1.29 is 14.6 Å². The Morgan fingerprint density at radius 2 is 2.35 bits per heavy atom. The highest BCUT2D eigenvalue weighted by Gasteiger charge is 2.19. The highest BCUT2D eigenvalue weighted by atomic mass is 16.5. The van der Waals surface area contributed by atoms with E-state index in [-0.39, 0.29) is 11.7 Å². The van der Waals surface area contributed by atoms with Gasteiger partial charge in [0.25, 0.3) is 0 Å². The molecule has 2 aromatic rings. The highest BCUT2D eigenvalue weighted by molar-refractivity contribution is 5.88. The van der Waals surface area contributed by atoms with Crippen molar-refractivity contribution in [2.75, 3.05) is 13.2 Å². The van der Waals surface area contributed by atoms with E-state index in [2.05, 4.69) is 10.1 Å². The van der Waals surface area contributed by atoms with Gasteiger partial charge in [-0.15, -0.1) is 0 Å². The lowest BCUT2D eigenvalue weighted by atomic mass is 10.3. The molecule has 1 N–H and O–H groups in total. The second-order valence-corrected chi connectivity index (χ2v) is 4.03. The SMILES string of the molecule is O=C(O)c1ccc2nn(C3CCOC3)cc2n1. The molecular formula is C11H11N3O3. The molecule has 88 valence electrons. The van der Waals surface area contributed by atoms with Gasteiger partial charge in [0, 0.05) is 6.61 Å². The minimum Gasteiger partial charge on any atom is -0.477 e. The normalized spacial score (nSPS) is 19.9. The Kier molecular flexibility index (Phi) is 2.29. The molecule has 3 rings (SSSR count). The number of aromatic nitrogens is 3. The lowest BCUT2D eigenvalue weighted by molar-refractivity contribution is 0.0691. The van der Waals surface area contributed by atoms with Gasteiger partial charge in [-0.2, -0.15) is 5.10 Å². The van der Waals surface area contributed by atoms with Crippen LogP contribution in [0.4, 0.5) is 0 Å². The van der Waals surface area contributed by atoms with E-state index in [9.17, 15) is 4.79 Å². The first kappa shape index (κ1) is 10.2. The van der Waals surface area contributed by atoms with E-state index < -0.39 is 5.97 Å². The van der Waals surface area contributed by atoms with Crippen LogP contribution >= 0.6 is 0 Å². The summed E-state index contributed by atoms with van der Waals surface area (Å²) < 4.78 is 7.11. The molecule has 6 heteroatoms. The van der Waals surface area contributed by atoms with E-state index >= 15 is 0 Å². The van der Waals surface area contributed by atoms with Crippen LogP contribution in [0.2, 0.25) is 0 Å². The fraction of sp³-hybridized carbons (Fsp3) is 0.364. The topological polar surface area (TPSA) is 77.2 Å². The molecule has 1 aliphatic rings. The van der Waals surface area contributed by atoms with Crippen LogP contribution in [-0.4, -0.2) is 39.1 Å². The molecule has 0 aromatic carbocycles. The van der Waals surface area contributed by atoms with Gasteiger partial charge in [-0.05, 0) is 18.6 Å². The number of rotatable bonds is 2. The van der Waals surface area contributed by atoms with Crippen LogP contribution in [-0.2, 0) is 4.74 Å². The number of carboxylic acid groups (broad SMARTS) is 1. The minimum absolute atomic E-state index is 0.0414. The minimum atomic E-state index is -1.02. The van der Waals surface area contributed by atoms with Gasteiger partial charge in [0.2, 0.25) is 0 Å². The van der Waals surface area contributed by atoms with E-state index in [1.165, 1.54) is 6.07 Å². The van der Waals surface area contributed by atoms with Crippen LogP contribution in [0.1, 0.15) is 23.0 Å². The van der Waals surface area contributed by atoms with Crippen LogP contribution in [0.5, 0.6) is 0 Å². The predicted octanol–water partition coefficient (Wildman–Crippen LogP) is 1.09. The third-order valence-corrected chi connectivity index (χ3v) is 2.88. The molecule has 0 amide bonds. The molecular weight excluding hydrogens is 222 g/mol. The zero-order valence-electron chi connectivity index (χ0n) is 9.04. The van der Waals surface area contributed by atoms with Crippen molar-refractivity contribution in [2.45, 2.75) is 12.5 Å². The third-order valence-electron chi connectivity index (χ3n) is 2.88. The maximum atomic E-state index is 10.8. The summed E-state index contributed by atoms with van der Waals surface area (Å²) in [6, 6.07) is 3.38. The standard InChI is InChI=1S/C11H11N3O3/c15-11(16)9-2-1-8-10(12-9)5-14(13-8)7-3-4-17-6-7/h1-2,5,7H,3-4,6H2,(H,15,16). The Bertz CT molecular complexity index is 572. The molecule has 3 heterocycles. The summed E-state index contributed by atoms with van der Waals surface area (Å²) in [7, 11) is 0. The molecule has 0 spiro atoms. The summed E-state index contributed by atoms with van der Waals surface area (Å²) in [4.78, 5) is 14.8. The van der Waals surface area contributed by atoms with Crippen LogP contribution in [0.15, 0.2) is 18.3 Å². The summed E-state index contributed by atoms with van der Waals surface area (Å²) in [6.45, 7) is 1.40. The summed E-state index contributed by atoms with van der Waals surface area (Å²) in [5.74, 6) is -1.02. The average Bonchev–Trinajstić information content (AvgIpc) is 2.96. The lowest BCUT2D eigenvalue weighted by Gasteiger charge is -2.05. The van der Waals surface area contributed by atoms with Crippen molar-refractivity contribution in [3.05, 3.63) is 24.0 Å². The Hall–Kier alpha value is -1.95. The van der Waals surface area contributed by atoms with Gasteiger partial charge >= 0.3 is 5.97 Å². The van der Waals surface area contributed by atoms with Crippen molar-refractivity contribution in [2.24, 2.45) is 0 Å². The second kappa shape index (κ2) is 3.81. The number of aromatic carboxylic acids is 1. The van der Waals surface area contributed by atoms with E-state index in [0.29, 0.717) is 17.6 Å². The number of fused-ring (bicyclic) bond motifs is 1. The fourth-order valence-corrected chi connectivity index (χ4v) is 1.96. The third kappa shape index (κ3) is 1.76. The Balaban J connectivity index is 2.03. The van der Waals surface area contributed by atoms with E-state index in [0.717, 1.165) is 13.0 Å². The number of pyridine rings is 1. The van der Waals surface area contributed by atoms with Gasteiger partial charge in [0.15, 0.2) is 0 Å². The Morgan fingerprint density at radius 1 is 1.47 bits per heavy atom. The predicted molar refractivity (Wildman–Crippen MR) is 59.0 cm³/mol. The first-order valence-corrected chi connectivity index (χ1v) is 5.41. The lowest BCUT2D eigenvalue weighted by Crippen LogP contribution is -2.08. The molecule has 6 nitrogen and oxygen atoms in total. The van der Waals surface area contributed by atoms with Crippen LogP contribution < -0.4 is 0 Å². The van der Waals surface area contributed by atoms with Crippen molar-refractivity contribution in [1.82, 2.24) is 14.8 Å². The number of hydrogen-bond acceptors (Lipinski definition) is 4. The molecule has 1 atom stereocenters. The summed E-state index contributed by atoms with van der Waals surface area (Å²) in [5, 5.41) is 13.2. The van der Waals surface area contributed by atoms with Crippen LogP contribution in [0, 0.1) is 0 Å². The number of hydrogen-bond donors (Lipinski definition) is 1. The number of nitrogens with zero attached hydrogens (tertiary/aromatic N) is 3. The summed E-state index contributed by atoms with van der Waals surface area (Å²) >= 11 is 0. The Morgan fingerprint density at radius 3 is 3.06 bits per heavy atom. The summed E-state index contributed by atoms with van der Waals surface area (Å²) in [6.07, 6.45) is 2.71. The zero-order valence-corrected chi connectivity index (χ0v) is 9.04. The van der Waals surface area contributed by atoms with Gasteiger partial charge in [-0.3, -0.25) is 4.68 Å². The largest absolute Gasteiger partial charge is 0.477 e. The molecule has 2 aromatic heterocycles. The average molecular weight is 233 g/mol. The number of ether oxygens (including phenoxy) is 1. The van der Waals surface area contributed by atoms with E-state index in [1.54, 1.807) is 12.3 Å². The van der Waals surface area contributed by atoms with Crippen LogP contribution in [0.3, 0.4) is 0 Å². The van der Waals surface area contributed by atoms with Gasteiger partial charge in [-0.1, -0.05) is 0 Å². The molecule has 1 saturated heterocycles. The maximum absolute atomic E-state index is 10.8. The molecule has 0 radical (unpaired) electrons. The first-order chi connectivity index (χ1) is 8.24. The maximum Gasteiger partial charge on any atom is 0.354 e. The zero-order chi connectivity index (χ0) is 11.8. The number of carbonyl (C=O) groups is 1. The Labute approximate surface area is 96.8 Å². The number of carboxylic acids is 1. The van der Waals surface area contributed by atoms with Gasteiger partial charge < -0.3 is 9.84 Å². The van der Waals surface area contributed by atoms with Crippen LogP contribution in [0.25, 0.3) is 11.0 Å². The second-order valence-electron chi connectivity index (χ2n) is 4.03. The monoisotopic (exact) mass is 233 g/mol. The van der Waals surface area contributed by atoms with Crippen molar-refractivity contribution in [3.63, 3.8) is 0 Å². The molecule has 0 aliphatic carbocycles. The first-order valence-electron chi connectivity index (χ1n) is 5.41. The van der Waals surface area contributed by atoms with Crippen molar-refractivity contribution in [1.29, 1.82) is 0 Å². The van der Waals surface area contributed by atoms with Gasteiger partial charge in [0.1, 0.15) is 16.7 Å². The van der Waals surface area contributed by atoms with Gasteiger partial charge in [0.05, 0.1) is 18.8 Å². The summed E-state index contributed by atoms with van der Waals surface area (Å²) in [5.41, 5.74) is 1.36. The molecule has 0 saturated carbocycles. The molecule has 1 aliphatic heterocycles. The molecule has 1 unspecified atom stereocenters. The van der Waals surface area contributed by atoms with E-state index in [4.69, 9.17) is 9.84 Å². The molecule has 17 heavy (non-hydrogen) atoms. The van der Waals surface area contributed by atoms with E-state index in [1.807, 2.05) is 4.68 Å². The molecule has 0 bridgehead atoms. The quantitative estimate of drug-likeness (QED) is 0.840. The van der Waals surface area contributed by atoms with Crippen molar-refractivity contribution >= 4 is 17.0 Å². The highest BCUT2D eigenvalue weighted by Crippen LogP contribution is 2.20. The van der Waals surface area contributed by atoms with Crippen molar-refractivity contribution in [3.8, 4) is 0 Å². The molecule has 1 fully saturated rings. The van der Waals surface area contributed by atoms with Gasteiger partial charge in [-0.25, -0.2) is 9.78 Å².